The maximum absolute atomic E-state index is 12.3. The first-order chi connectivity index (χ1) is 11.7. The van der Waals surface area contributed by atoms with Crippen LogP contribution < -0.4 is 0 Å². The predicted molar refractivity (Wildman–Crippen MR) is 91.8 cm³/mol. The van der Waals surface area contributed by atoms with E-state index in [1.807, 2.05) is 12.1 Å². The van der Waals surface area contributed by atoms with Crippen molar-refractivity contribution in [2.75, 3.05) is 14.2 Å². The van der Waals surface area contributed by atoms with Crippen LogP contribution in [0.3, 0.4) is 0 Å². The third kappa shape index (κ3) is 4.97. The van der Waals surface area contributed by atoms with E-state index in [0.717, 1.165) is 23.5 Å². The van der Waals surface area contributed by atoms with E-state index in [4.69, 9.17) is 9.47 Å². The van der Waals surface area contributed by atoms with Gasteiger partial charge in [0, 0.05) is 12.4 Å². The number of hydrogen-bond acceptors (Lipinski definition) is 8. The first-order valence-electron chi connectivity index (χ1n) is 6.96. The lowest BCUT2D eigenvalue weighted by Crippen LogP contribution is -2.37. The van der Waals surface area contributed by atoms with Crippen molar-refractivity contribution >= 4 is 35.5 Å². The fourth-order valence-corrected chi connectivity index (χ4v) is 4.06. The molecule has 8 heteroatoms. The number of aromatic nitrogens is 2. The van der Waals surface area contributed by atoms with Gasteiger partial charge in [0.15, 0.2) is 0 Å². The molecule has 24 heavy (non-hydrogen) atoms. The number of esters is 2. The monoisotopic (exact) mass is 364 g/mol. The Morgan fingerprint density at radius 1 is 0.833 bits per heavy atom. The van der Waals surface area contributed by atoms with Crippen LogP contribution in [0.4, 0.5) is 0 Å². The third-order valence-corrected chi connectivity index (χ3v) is 5.49. The van der Waals surface area contributed by atoms with Gasteiger partial charge in [0.05, 0.1) is 24.3 Å². The highest BCUT2D eigenvalue weighted by atomic mass is 32.2. The molecule has 2 heterocycles. The molecule has 2 aromatic heterocycles. The molecule has 126 valence electrons. The molecule has 0 aliphatic carbocycles. The van der Waals surface area contributed by atoms with Crippen LogP contribution in [0.25, 0.3) is 0 Å². The zero-order valence-corrected chi connectivity index (χ0v) is 14.8. The van der Waals surface area contributed by atoms with Crippen LogP contribution in [0.1, 0.15) is 0 Å². The summed E-state index contributed by atoms with van der Waals surface area (Å²) in [5.74, 6) is -1.05. The van der Waals surface area contributed by atoms with Crippen LogP contribution in [-0.4, -0.2) is 46.6 Å². The molecule has 0 aromatic carbocycles. The number of carbonyl (C=O) groups is 2. The number of nitrogens with zero attached hydrogens (tertiary/aromatic N) is 2. The normalized spacial score (nSPS) is 12.9. The van der Waals surface area contributed by atoms with Crippen molar-refractivity contribution in [3.8, 4) is 0 Å². The lowest BCUT2D eigenvalue weighted by atomic mass is 10.3. The molecule has 0 unspecified atom stereocenters. The Bertz CT molecular complexity index is 611. The predicted octanol–water partition coefficient (Wildman–Crippen LogP) is 2.44. The Morgan fingerprint density at radius 2 is 1.25 bits per heavy atom. The summed E-state index contributed by atoms with van der Waals surface area (Å²) >= 11 is 2.31. The van der Waals surface area contributed by atoms with E-state index in [1.54, 1.807) is 36.7 Å². The van der Waals surface area contributed by atoms with E-state index in [1.165, 1.54) is 14.2 Å². The highest BCUT2D eigenvalue weighted by Gasteiger charge is 2.38. The van der Waals surface area contributed by atoms with Gasteiger partial charge in [-0.25, -0.2) is 9.97 Å². The van der Waals surface area contributed by atoms with E-state index in [0.29, 0.717) is 10.1 Å². The first kappa shape index (κ1) is 18.3. The fourth-order valence-electron chi connectivity index (χ4n) is 1.79. The number of carbonyl (C=O) groups excluding carboxylic acids is 2. The standard InChI is InChI=1S/C16H16N2O4S2/c1-21-15(19)13(23-11-7-3-5-9-17-11)14(16(20)22-2)24-12-8-4-6-10-18-12/h3-10,13-14H,1-2H3/t13-,14-/m0/s1. The average molecular weight is 364 g/mol. The van der Waals surface area contributed by atoms with Crippen LogP contribution in [0.2, 0.25) is 0 Å². The Kier molecular flexibility index (Phi) is 7.07. The molecule has 2 aromatic rings. The van der Waals surface area contributed by atoms with E-state index in [2.05, 4.69) is 9.97 Å². The van der Waals surface area contributed by atoms with Gasteiger partial charge in [0.2, 0.25) is 0 Å². The number of thioether (sulfide) groups is 2. The molecule has 0 spiro atoms. The van der Waals surface area contributed by atoms with E-state index < -0.39 is 22.4 Å². The summed E-state index contributed by atoms with van der Waals surface area (Å²) < 4.78 is 9.74. The lowest BCUT2D eigenvalue weighted by Gasteiger charge is -2.21. The zero-order valence-electron chi connectivity index (χ0n) is 13.1. The molecule has 0 bridgehead atoms. The number of pyridine rings is 2. The SMILES string of the molecule is COC(=O)[C@@H](Sc1ccccn1)[C@H](Sc1ccccn1)C(=O)OC. The number of methoxy groups -OCH3 is 2. The Hall–Kier alpha value is -2.06. The summed E-state index contributed by atoms with van der Waals surface area (Å²) in [5, 5.41) is -0.402. The molecule has 0 saturated heterocycles. The van der Waals surface area contributed by atoms with Crippen LogP contribution in [0.15, 0.2) is 58.8 Å². The Balaban J connectivity index is 2.29. The summed E-state index contributed by atoms with van der Waals surface area (Å²) in [6.45, 7) is 0. The van der Waals surface area contributed by atoms with Gasteiger partial charge in [-0.1, -0.05) is 35.7 Å². The van der Waals surface area contributed by atoms with Gasteiger partial charge < -0.3 is 9.47 Å². The molecule has 0 radical (unpaired) electrons. The minimum atomic E-state index is -0.815. The molecular formula is C16H16N2O4S2. The van der Waals surface area contributed by atoms with Crippen molar-refractivity contribution in [2.45, 2.75) is 20.6 Å². The van der Waals surface area contributed by atoms with E-state index in [9.17, 15) is 9.59 Å². The molecule has 0 aliphatic heterocycles. The van der Waals surface area contributed by atoms with E-state index in [-0.39, 0.29) is 0 Å². The van der Waals surface area contributed by atoms with Gasteiger partial charge >= 0.3 is 11.9 Å². The lowest BCUT2D eigenvalue weighted by molar-refractivity contribution is -0.146. The van der Waals surface area contributed by atoms with E-state index >= 15 is 0 Å². The highest BCUT2D eigenvalue weighted by molar-refractivity contribution is 8.04. The molecule has 0 aliphatic rings. The number of hydrogen-bond donors (Lipinski definition) is 0. The smallest absolute Gasteiger partial charge is 0.320 e. The summed E-state index contributed by atoms with van der Waals surface area (Å²) in [4.78, 5) is 32.9. The summed E-state index contributed by atoms with van der Waals surface area (Å²) in [5.41, 5.74) is 0. The van der Waals surface area contributed by atoms with Crippen molar-refractivity contribution in [1.29, 1.82) is 0 Å². The molecule has 0 saturated carbocycles. The maximum atomic E-state index is 12.3. The van der Waals surface area contributed by atoms with Crippen LogP contribution in [-0.2, 0) is 19.1 Å². The third-order valence-electron chi connectivity index (χ3n) is 2.91. The maximum Gasteiger partial charge on any atom is 0.320 e. The van der Waals surface area contributed by atoms with Crippen molar-refractivity contribution in [3.05, 3.63) is 48.8 Å². The summed E-state index contributed by atoms with van der Waals surface area (Å²) in [6, 6.07) is 10.7. The second-order valence-corrected chi connectivity index (χ2v) is 6.78. The van der Waals surface area contributed by atoms with Crippen LogP contribution >= 0.6 is 23.5 Å². The van der Waals surface area contributed by atoms with Gasteiger partial charge in [-0.2, -0.15) is 0 Å². The first-order valence-corrected chi connectivity index (χ1v) is 8.72. The average Bonchev–Trinajstić information content (AvgIpc) is 2.65. The van der Waals surface area contributed by atoms with Gasteiger partial charge in [-0.05, 0) is 24.3 Å². The zero-order chi connectivity index (χ0) is 17.4. The van der Waals surface area contributed by atoms with Gasteiger partial charge in [-0.15, -0.1) is 0 Å². The molecule has 2 rings (SSSR count). The van der Waals surface area contributed by atoms with Crippen molar-refractivity contribution in [3.63, 3.8) is 0 Å². The largest absolute Gasteiger partial charge is 0.468 e. The molecule has 0 fully saturated rings. The van der Waals surface area contributed by atoms with Gasteiger partial charge in [-0.3, -0.25) is 9.59 Å². The second kappa shape index (κ2) is 9.29. The Labute approximate surface area is 148 Å². The quantitative estimate of drug-likeness (QED) is 0.548. The minimum Gasteiger partial charge on any atom is -0.468 e. The minimum absolute atomic E-state index is 0.524. The van der Waals surface area contributed by atoms with Crippen LogP contribution in [0, 0.1) is 0 Å². The summed E-state index contributed by atoms with van der Waals surface area (Å²) in [6.07, 6.45) is 3.24. The van der Waals surface area contributed by atoms with Crippen molar-refractivity contribution in [2.24, 2.45) is 0 Å². The van der Waals surface area contributed by atoms with Crippen molar-refractivity contribution < 1.29 is 19.1 Å². The molecule has 0 amide bonds. The van der Waals surface area contributed by atoms with Gasteiger partial charge in [0.25, 0.3) is 0 Å². The van der Waals surface area contributed by atoms with Crippen molar-refractivity contribution in [1.82, 2.24) is 9.97 Å². The fraction of sp³-hybridized carbons (Fsp3) is 0.250. The topological polar surface area (TPSA) is 78.4 Å². The Morgan fingerprint density at radius 3 is 1.54 bits per heavy atom. The number of ether oxygens (including phenoxy) is 2. The molecule has 2 atom stereocenters. The van der Waals surface area contributed by atoms with Crippen LogP contribution in [0.5, 0.6) is 0 Å². The summed E-state index contributed by atoms with van der Waals surface area (Å²) in [7, 11) is 2.57. The molecule has 0 N–H and O–H groups in total. The second-order valence-electron chi connectivity index (χ2n) is 4.46. The molecular weight excluding hydrogens is 348 g/mol. The van der Waals surface area contributed by atoms with Gasteiger partial charge in [0.1, 0.15) is 10.5 Å². The highest BCUT2D eigenvalue weighted by Crippen LogP contribution is 2.34. The number of rotatable bonds is 7. The molecule has 6 nitrogen and oxygen atoms in total.